The van der Waals surface area contributed by atoms with Crippen LogP contribution in [0.25, 0.3) is 0 Å². The number of hydrogen-bond acceptors (Lipinski definition) is 53. The highest BCUT2D eigenvalue weighted by atomic mass is 16.8. The standard InChI is InChI=1S/C82H141N3O53/c1-23(2)64-44(83-27(6)95)55(109)68(36(17-91)120-64)132-76-45(84-28(7)96)56(110)70(38(19-93)125-76)135-80-63(117)72(136-82-74(60(114)51(105)34(15-89)123-82)137-75-26(5)47(101)67(37(18-92)124-75)133-78-61(115)58(112)52(106)40(127-78)21-118-43-11-30(98)25(4)66(131-43)49(103)32(100)13-87)54(108)41(128-80)22-119-81-73(59(113)50(104)33(14-88)122-81)138-77-46(85-29(8)97)57(111)69(39(20-94)126-77)134-79-62(116)71(53(107)35(16-90)121-79)130-42-10-9-24(3)65(129-42)48(102)31(99)12-86/h23-26,30-82,86-94,98-117H,9-22H2,1-8H3,(H,83,95)(H,84,96)(H,85,97)/t24-,25-,26?,30-,31?,32?,33?,34?,35?,36?,37?,38?,39?,40?,41?,42-,43+,44?,45?,46?,47-,48?,49?,50-,51-,52+,53+,54-,55-,56-,57-,58+,59+,60+,61?,62?,63?,64+,65?,66?,67-,68-,69-,70-,71+,72+,73?,74?,75+,76+,77+,78+,79+,80+,81+,82-/m1/s1. The van der Waals surface area contributed by atoms with Crippen LogP contribution in [0.1, 0.15) is 74.7 Å². The van der Waals surface area contributed by atoms with Crippen molar-refractivity contribution in [3.8, 4) is 0 Å². The van der Waals surface area contributed by atoms with Crippen LogP contribution in [-0.4, -0.2) is 564 Å². The Hall–Kier alpha value is -3.59. The fourth-order valence-electron chi connectivity index (χ4n) is 19.0. The highest BCUT2D eigenvalue weighted by Crippen LogP contribution is 2.43. The molecule has 0 radical (unpaired) electrons. The predicted molar refractivity (Wildman–Crippen MR) is 439 cm³/mol. The molecule has 0 bridgehead atoms. The minimum absolute atomic E-state index is 0.0684. The number of nitrogens with one attached hydrogen (secondary N) is 3. The van der Waals surface area contributed by atoms with Gasteiger partial charge in [-0.15, -0.1) is 0 Å². The van der Waals surface area contributed by atoms with Gasteiger partial charge in [-0.3, -0.25) is 14.4 Å². The molecule has 56 nitrogen and oxygen atoms in total. The maximum atomic E-state index is 13.2. The van der Waals surface area contributed by atoms with Gasteiger partial charge in [0.1, 0.15) is 226 Å². The minimum Gasteiger partial charge on any atom is -0.394 e. The molecule has 11 aliphatic rings. The average molecular weight is 2020 g/mol. The molecule has 3 amide bonds. The van der Waals surface area contributed by atoms with E-state index in [4.69, 9.17) is 99.5 Å². The molecule has 0 aromatic heterocycles. The van der Waals surface area contributed by atoms with Crippen LogP contribution < -0.4 is 16.0 Å². The minimum atomic E-state index is -2.56. The normalized spacial score (nSPS) is 48.1. The lowest BCUT2D eigenvalue weighted by molar-refractivity contribution is -0.401. The summed E-state index contributed by atoms with van der Waals surface area (Å²) in [5, 5.41) is 334. The molecule has 11 saturated heterocycles. The maximum Gasteiger partial charge on any atom is 0.217 e. The van der Waals surface area contributed by atoms with Gasteiger partial charge in [-0.05, 0) is 24.7 Å². The van der Waals surface area contributed by atoms with Gasteiger partial charge in [0, 0.05) is 39.0 Å². The number of amides is 3. The summed E-state index contributed by atoms with van der Waals surface area (Å²) < 4.78 is 128. The summed E-state index contributed by atoms with van der Waals surface area (Å²) in [6, 6.07) is -5.07. The van der Waals surface area contributed by atoms with E-state index in [0.29, 0.717) is 0 Å². The van der Waals surface area contributed by atoms with Gasteiger partial charge in [-0.1, -0.05) is 34.6 Å². The highest BCUT2D eigenvalue weighted by Gasteiger charge is 2.62. The van der Waals surface area contributed by atoms with Crippen LogP contribution in [-0.2, 0) is 114 Å². The second kappa shape index (κ2) is 50.9. The summed E-state index contributed by atoms with van der Waals surface area (Å²) in [7, 11) is 0. The van der Waals surface area contributed by atoms with Crippen molar-refractivity contribution in [3.05, 3.63) is 0 Å². The number of carbonyl (C=O) groups excluding carboxylic acids is 3. The SMILES string of the molecule is CC(=O)NC1[C@H](O[C@@H]2C(CO)O[C@@H](C(C)C)C(NC(C)=O)[C@H]2O)OC(CO)[C@@H](O[C@@H]2OC(CO[C@H]3OC(CO)[C@@H](O)[C@H](O)C3O[C@@H]3OC(CO)[C@@H](O[C@@H]4OC(CO)[C@H](O)[C@H](O[C@@H]5CC[C@@H](C)C(C(O)C(O)CO)O5)C4O)[C@H](O)C3NC(C)=O)[C@@H](O)[C@H](O[C@H]3OC(CO)[C@@H](O)[C@H](O)C3O[C@@H]3OC(CO)[C@@H](O[C@@H]4OC(CO[C@@H]5C[C@@H](O)[C@@H](C)C(C(O)C(O)CO)O5)[C@H](O)[C@H](O)C4O)[C@H](O)C3C)C2O)[C@@H]1O. The van der Waals surface area contributed by atoms with Crippen LogP contribution in [0.15, 0.2) is 0 Å². The second-order valence-electron chi connectivity index (χ2n) is 37.1. The highest BCUT2D eigenvalue weighted by molar-refractivity contribution is 5.74. The van der Waals surface area contributed by atoms with Crippen LogP contribution in [0, 0.1) is 23.7 Å². The quantitative estimate of drug-likeness (QED) is 0.0272. The maximum absolute atomic E-state index is 13.2. The Morgan fingerprint density at radius 3 is 1.13 bits per heavy atom. The van der Waals surface area contributed by atoms with Crippen molar-refractivity contribution in [2.75, 3.05) is 72.7 Å². The first-order valence-corrected chi connectivity index (χ1v) is 45.9. The van der Waals surface area contributed by atoms with E-state index in [1.807, 2.05) is 0 Å². The number of hydrogen-bond donors (Lipinski definition) is 32. The summed E-state index contributed by atoms with van der Waals surface area (Å²) in [4.78, 5) is 39.0. The van der Waals surface area contributed by atoms with Crippen molar-refractivity contribution >= 4 is 17.7 Å². The number of carbonyl (C=O) groups is 3. The van der Waals surface area contributed by atoms with Gasteiger partial charge in [-0.2, -0.15) is 0 Å². The third-order valence-electron chi connectivity index (χ3n) is 27.0. The molecular weight excluding hydrogens is 1870 g/mol. The van der Waals surface area contributed by atoms with Crippen molar-refractivity contribution in [3.63, 3.8) is 0 Å². The Kier molecular flexibility index (Phi) is 42.3. The molecule has 11 rings (SSSR count). The number of aliphatic hydroxyl groups is 29. The van der Waals surface area contributed by atoms with Crippen molar-refractivity contribution in [1.82, 2.24) is 16.0 Å². The number of aliphatic hydroxyl groups excluding tert-OH is 29. The molecule has 0 aromatic carbocycles. The van der Waals surface area contributed by atoms with Gasteiger partial charge in [0.15, 0.2) is 62.9 Å². The van der Waals surface area contributed by atoms with E-state index < -0.39 is 439 Å². The van der Waals surface area contributed by atoms with Crippen molar-refractivity contribution in [2.24, 2.45) is 23.7 Å². The Balaban J connectivity index is 0.871. The molecule has 138 heavy (non-hydrogen) atoms. The van der Waals surface area contributed by atoms with Crippen molar-refractivity contribution in [1.29, 1.82) is 0 Å². The molecular formula is C82H141N3O53. The van der Waals surface area contributed by atoms with E-state index in [-0.39, 0.29) is 19.3 Å². The third kappa shape index (κ3) is 25.9. The largest absolute Gasteiger partial charge is 0.394 e. The van der Waals surface area contributed by atoms with Gasteiger partial charge < -0.3 is 264 Å². The lowest BCUT2D eigenvalue weighted by Gasteiger charge is -2.51. The molecule has 56 atom stereocenters. The average Bonchev–Trinajstić information content (AvgIpc) is 0.765. The molecule has 11 fully saturated rings. The zero-order valence-electron chi connectivity index (χ0n) is 76.6. The Bertz CT molecular complexity index is 3690. The molecule has 0 aliphatic carbocycles. The van der Waals surface area contributed by atoms with Crippen molar-refractivity contribution < 1.29 is 262 Å². The number of rotatable bonds is 39. The monoisotopic (exact) mass is 2020 g/mol. The smallest absolute Gasteiger partial charge is 0.217 e. The van der Waals surface area contributed by atoms with Gasteiger partial charge in [-0.25, -0.2) is 0 Å². The van der Waals surface area contributed by atoms with Gasteiger partial charge in [0.05, 0.1) is 109 Å². The van der Waals surface area contributed by atoms with Gasteiger partial charge in [0.2, 0.25) is 17.7 Å². The molecule has 24 unspecified atom stereocenters. The Morgan fingerprint density at radius 1 is 0.297 bits per heavy atom. The summed E-state index contributed by atoms with van der Waals surface area (Å²) >= 11 is 0. The summed E-state index contributed by atoms with van der Waals surface area (Å²) in [6.45, 7) is -0.312. The van der Waals surface area contributed by atoms with E-state index in [2.05, 4.69) is 16.0 Å². The van der Waals surface area contributed by atoms with E-state index in [9.17, 15) is 162 Å². The second-order valence-corrected chi connectivity index (χ2v) is 37.1. The summed E-state index contributed by atoms with van der Waals surface area (Å²) in [6.07, 6.45) is -96.0. The fraction of sp³-hybridized carbons (Fsp3) is 0.963. The first-order valence-electron chi connectivity index (χ1n) is 45.9. The molecule has 0 aromatic rings. The Morgan fingerprint density at radius 2 is 0.645 bits per heavy atom. The Labute approximate surface area is 789 Å². The van der Waals surface area contributed by atoms with Crippen LogP contribution in [0.4, 0.5) is 0 Å². The van der Waals surface area contributed by atoms with Crippen LogP contribution in [0.5, 0.6) is 0 Å². The fourth-order valence-corrected chi connectivity index (χ4v) is 19.0. The zero-order chi connectivity index (χ0) is 102. The van der Waals surface area contributed by atoms with Crippen LogP contribution in [0.2, 0.25) is 0 Å². The molecule has 802 valence electrons. The van der Waals surface area contributed by atoms with E-state index in [1.165, 1.54) is 13.8 Å². The summed E-state index contributed by atoms with van der Waals surface area (Å²) in [5.74, 6) is -5.63. The molecule has 0 spiro atoms. The third-order valence-corrected chi connectivity index (χ3v) is 27.0. The van der Waals surface area contributed by atoms with E-state index in [0.717, 1.165) is 20.8 Å². The van der Waals surface area contributed by atoms with E-state index >= 15 is 0 Å². The zero-order valence-corrected chi connectivity index (χ0v) is 76.6. The van der Waals surface area contributed by atoms with E-state index in [1.54, 1.807) is 20.8 Å². The molecule has 56 heteroatoms. The first-order chi connectivity index (χ1) is 65.3. The lowest BCUT2D eigenvalue weighted by Crippen LogP contribution is -2.71. The van der Waals surface area contributed by atoms with Crippen LogP contribution in [0.3, 0.4) is 0 Å². The lowest BCUT2D eigenvalue weighted by atomic mass is 9.87. The molecule has 11 heterocycles. The molecule has 11 aliphatic heterocycles. The molecule has 0 saturated carbocycles. The van der Waals surface area contributed by atoms with Crippen molar-refractivity contribution in [2.45, 2.75) is 400 Å². The number of ether oxygens (including phenoxy) is 21. The van der Waals surface area contributed by atoms with Gasteiger partial charge >= 0.3 is 0 Å². The predicted octanol–water partition coefficient (Wildman–Crippen LogP) is -18.5. The van der Waals surface area contributed by atoms with Crippen LogP contribution >= 0.6 is 0 Å². The first kappa shape index (κ1) is 115. The summed E-state index contributed by atoms with van der Waals surface area (Å²) in [5.41, 5.74) is 0. The van der Waals surface area contributed by atoms with Gasteiger partial charge in [0.25, 0.3) is 0 Å². The topological polar surface area (TPSA) is 868 Å². The molecule has 32 N–H and O–H groups in total.